The summed E-state index contributed by atoms with van der Waals surface area (Å²) in [5.74, 6) is -1.61. The summed E-state index contributed by atoms with van der Waals surface area (Å²) in [5, 5.41) is 8.39. The first-order valence-corrected chi connectivity index (χ1v) is 14.0. The average Bonchev–Trinajstić information content (AvgIpc) is 3.27. The zero-order valence-electron chi connectivity index (χ0n) is 24.9. The minimum absolute atomic E-state index is 0.0385. The molecule has 228 valence electrons. The smallest absolute Gasteiger partial charge is 0.330 e. The van der Waals surface area contributed by atoms with Crippen LogP contribution >= 0.6 is 0 Å². The van der Waals surface area contributed by atoms with Crippen molar-refractivity contribution in [2.45, 2.75) is 78.4 Å². The van der Waals surface area contributed by atoms with Gasteiger partial charge in [0, 0.05) is 25.0 Å². The molecule has 0 aliphatic heterocycles. The van der Waals surface area contributed by atoms with Gasteiger partial charge in [-0.15, -0.1) is 0 Å². The number of esters is 1. The second kappa shape index (κ2) is 16.8. The standard InChI is InChI=1S/C31H42N4O7/c1-6-41-28(37)15-13-23(12-14-27(32)36)33-30(39)26(18-22-10-8-7-9-11-22)35-31(40)25(16-19(2)3)34-29(38)24-17-20(4)42-21(24)5/h7-11,13,15,17,19,23,25-26H,6,12,14,16,18H2,1-5H3,(H2,32,36)(H,33,39)(H,34,38)(H,35,40)/t23-,25-,26-/m0/s1. The first kappa shape index (κ1) is 33.8. The van der Waals surface area contributed by atoms with E-state index >= 15 is 0 Å². The molecule has 3 atom stereocenters. The maximum atomic E-state index is 13.6. The van der Waals surface area contributed by atoms with Crippen LogP contribution in [0.4, 0.5) is 0 Å². The number of hydrogen-bond acceptors (Lipinski definition) is 7. The van der Waals surface area contributed by atoms with E-state index in [1.54, 1.807) is 26.8 Å². The minimum Gasteiger partial charge on any atom is -0.466 e. The number of aryl methyl sites for hydroxylation is 2. The molecule has 0 aliphatic rings. The van der Waals surface area contributed by atoms with Crippen molar-refractivity contribution in [2.24, 2.45) is 11.7 Å². The normalized spacial score (nSPS) is 13.3. The number of furan rings is 1. The van der Waals surface area contributed by atoms with Gasteiger partial charge in [-0.1, -0.05) is 50.3 Å². The lowest BCUT2D eigenvalue weighted by Crippen LogP contribution is -2.55. The Kier molecular flexibility index (Phi) is 13.5. The molecule has 1 aromatic heterocycles. The fraction of sp³-hybridized carbons (Fsp3) is 0.452. The molecule has 11 heteroatoms. The first-order chi connectivity index (χ1) is 19.9. The summed E-state index contributed by atoms with van der Waals surface area (Å²) in [6.45, 7) is 9.10. The topological polar surface area (TPSA) is 170 Å². The molecule has 0 saturated heterocycles. The maximum Gasteiger partial charge on any atom is 0.330 e. The van der Waals surface area contributed by atoms with Crippen LogP contribution in [-0.2, 0) is 30.3 Å². The van der Waals surface area contributed by atoms with Crippen molar-refractivity contribution in [3.8, 4) is 0 Å². The molecule has 0 bridgehead atoms. The van der Waals surface area contributed by atoms with Crippen LogP contribution in [0.5, 0.6) is 0 Å². The molecular weight excluding hydrogens is 540 g/mol. The van der Waals surface area contributed by atoms with Gasteiger partial charge in [-0.25, -0.2) is 4.79 Å². The lowest BCUT2D eigenvalue weighted by Gasteiger charge is -2.25. The van der Waals surface area contributed by atoms with Gasteiger partial charge in [0.2, 0.25) is 17.7 Å². The summed E-state index contributed by atoms with van der Waals surface area (Å²) < 4.78 is 10.4. The number of amides is 4. The molecule has 4 amide bonds. The highest BCUT2D eigenvalue weighted by atomic mass is 16.5. The van der Waals surface area contributed by atoms with Gasteiger partial charge >= 0.3 is 5.97 Å². The van der Waals surface area contributed by atoms with Crippen LogP contribution in [0.3, 0.4) is 0 Å². The van der Waals surface area contributed by atoms with Crippen LogP contribution in [-0.4, -0.2) is 54.3 Å². The molecule has 0 spiro atoms. The van der Waals surface area contributed by atoms with E-state index in [0.29, 0.717) is 23.5 Å². The lowest BCUT2D eigenvalue weighted by molar-refractivity contribution is -0.137. The Morgan fingerprint density at radius 1 is 0.976 bits per heavy atom. The Hall–Kier alpha value is -4.41. The molecular formula is C31H42N4O7. The van der Waals surface area contributed by atoms with Crippen LogP contribution in [0.1, 0.15) is 67.5 Å². The minimum atomic E-state index is -1.03. The highest BCUT2D eigenvalue weighted by Gasteiger charge is 2.29. The van der Waals surface area contributed by atoms with Crippen molar-refractivity contribution in [1.82, 2.24) is 16.0 Å². The van der Waals surface area contributed by atoms with Crippen LogP contribution in [0, 0.1) is 19.8 Å². The molecule has 0 unspecified atom stereocenters. The number of benzene rings is 1. The van der Waals surface area contributed by atoms with Gasteiger partial charge in [-0.2, -0.15) is 0 Å². The number of nitrogens with one attached hydrogen (secondary N) is 3. The molecule has 0 saturated carbocycles. The van der Waals surface area contributed by atoms with E-state index in [1.165, 1.54) is 12.2 Å². The highest BCUT2D eigenvalue weighted by molar-refractivity contribution is 5.99. The lowest BCUT2D eigenvalue weighted by atomic mass is 10.00. The summed E-state index contributed by atoms with van der Waals surface area (Å²) in [4.78, 5) is 63.4. The predicted octanol–water partition coefficient (Wildman–Crippen LogP) is 2.64. The maximum absolute atomic E-state index is 13.6. The average molecular weight is 583 g/mol. The van der Waals surface area contributed by atoms with E-state index < -0.39 is 47.7 Å². The van der Waals surface area contributed by atoms with Crippen molar-refractivity contribution >= 4 is 29.6 Å². The number of primary amides is 1. The molecule has 0 fully saturated rings. The molecule has 2 rings (SSSR count). The summed E-state index contributed by atoms with van der Waals surface area (Å²) in [7, 11) is 0. The van der Waals surface area contributed by atoms with E-state index in [9.17, 15) is 24.0 Å². The number of ether oxygens (including phenoxy) is 1. The second-order valence-electron chi connectivity index (χ2n) is 10.5. The second-order valence-corrected chi connectivity index (χ2v) is 10.5. The van der Waals surface area contributed by atoms with Crippen LogP contribution in [0.2, 0.25) is 0 Å². The molecule has 11 nitrogen and oxygen atoms in total. The van der Waals surface area contributed by atoms with E-state index in [0.717, 1.165) is 5.56 Å². The first-order valence-electron chi connectivity index (χ1n) is 14.0. The molecule has 5 N–H and O–H groups in total. The zero-order chi connectivity index (χ0) is 31.2. The van der Waals surface area contributed by atoms with Gasteiger partial charge in [0.15, 0.2) is 0 Å². The Morgan fingerprint density at radius 2 is 1.64 bits per heavy atom. The Morgan fingerprint density at radius 3 is 2.21 bits per heavy atom. The SMILES string of the molecule is CCOC(=O)C=C[C@H](CCC(N)=O)NC(=O)[C@H](Cc1ccccc1)NC(=O)[C@H](CC(C)C)NC(=O)c1cc(C)oc1C. The van der Waals surface area contributed by atoms with E-state index in [2.05, 4.69) is 16.0 Å². The molecule has 1 aromatic carbocycles. The summed E-state index contributed by atoms with van der Waals surface area (Å²) >= 11 is 0. The fourth-order valence-electron chi connectivity index (χ4n) is 4.31. The number of hydrogen-bond donors (Lipinski definition) is 4. The zero-order valence-corrected chi connectivity index (χ0v) is 24.9. The van der Waals surface area contributed by atoms with Gasteiger partial charge in [0.05, 0.1) is 12.2 Å². The van der Waals surface area contributed by atoms with Gasteiger partial charge in [0.25, 0.3) is 5.91 Å². The van der Waals surface area contributed by atoms with E-state index in [4.69, 9.17) is 14.9 Å². The van der Waals surface area contributed by atoms with Crippen LogP contribution < -0.4 is 21.7 Å². The quantitative estimate of drug-likeness (QED) is 0.174. The fourth-order valence-corrected chi connectivity index (χ4v) is 4.31. The number of rotatable bonds is 16. The molecule has 0 radical (unpaired) electrons. The van der Waals surface area contributed by atoms with E-state index in [-0.39, 0.29) is 31.8 Å². The Bertz CT molecular complexity index is 1250. The third kappa shape index (κ3) is 11.6. The predicted molar refractivity (Wildman–Crippen MR) is 157 cm³/mol. The van der Waals surface area contributed by atoms with Gasteiger partial charge < -0.3 is 30.8 Å². The number of carbonyl (C=O) groups is 5. The summed E-state index contributed by atoms with van der Waals surface area (Å²) in [6.07, 6.45) is 3.19. The van der Waals surface area contributed by atoms with Crippen molar-refractivity contribution in [2.75, 3.05) is 6.61 Å². The van der Waals surface area contributed by atoms with Crippen molar-refractivity contribution in [3.63, 3.8) is 0 Å². The third-order valence-corrected chi connectivity index (χ3v) is 6.31. The van der Waals surface area contributed by atoms with Crippen molar-refractivity contribution in [3.05, 3.63) is 71.2 Å². The monoisotopic (exact) mass is 582 g/mol. The Balaban J connectivity index is 2.29. The van der Waals surface area contributed by atoms with E-state index in [1.807, 2.05) is 44.2 Å². The summed E-state index contributed by atoms with van der Waals surface area (Å²) in [5.41, 5.74) is 6.43. The molecule has 0 aliphatic carbocycles. The molecule has 1 heterocycles. The van der Waals surface area contributed by atoms with Gasteiger partial charge in [-0.3, -0.25) is 19.2 Å². The largest absolute Gasteiger partial charge is 0.466 e. The summed E-state index contributed by atoms with van der Waals surface area (Å²) in [6, 6.07) is 8.06. The van der Waals surface area contributed by atoms with Crippen LogP contribution in [0.25, 0.3) is 0 Å². The third-order valence-electron chi connectivity index (χ3n) is 6.31. The van der Waals surface area contributed by atoms with Gasteiger partial charge in [0.1, 0.15) is 23.6 Å². The number of nitrogens with two attached hydrogens (primary N) is 1. The Labute approximate surface area is 246 Å². The number of carbonyl (C=O) groups excluding carboxylic acids is 5. The van der Waals surface area contributed by atoms with Crippen LogP contribution in [0.15, 0.2) is 53.0 Å². The molecule has 42 heavy (non-hydrogen) atoms. The van der Waals surface area contributed by atoms with Gasteiger partial charge in [-0.05, 0) is 51.2 Å². The van der Waals surface area contributed by atoms with Crippen molar-refractivity contribution in [1.29, 1.82) is 0 Å². The molecule has 2 aromatic rings. The highest BCUT2D eigenvalue weighted by Crippen LogP contribution is 2.15. The van der Waals surface area contributed by atoms with Crippen molar-refractivity contribution < 1.29 is 33.1 Å².